The highest BCUT2D eigenvalue weighted by molar-refractivity contribution is 6.30. The lowest BCUT2D eigenvalue weighted by atomic mass is 9.70. The number of pyridine rings is 1. The van der Waals surface area contributed by atoms with Crippen LogP contribution in [-0.2, 0) is 27.7 Å². The van der Waals surface area contributed by atoms with E-state index in [0.717, 1.165) is 35.4 Å². The first-order valence-electron chi connectivity index (χ1n) is 10.9. The highest BCUT2D eigenvalue weighted by Crippen LogP contribution is 2.57. The quantitative estimate of drug-likeness (QED) is 0.403. The molecule has 0 radical (unpaired) electrons. The Morgan fingerprint density at radius 3 is 2.38 bits per heavy atom. The maximum Gasteiger partial charge on any atom is 0.416 e. The number of hydrogen-bond acceptors (Lipinski definition) is 3. The van der Waals surface area contributed by atoms with E-state index in [0.29, 0.717) is 48.8 Å². The third kappa shape index (κ3) is 3.54. The average Bonchev–Trinajstić information content (AvgIpc) is 3.02. The SMILES string of the molecule is CC1(C)Cc2nc(Cl)c3c(c2C([OH2+])C1)C1(CCOCC1)O[C@@H]3c1ccc(C(F)(F)F)cc1. The van der Waals surface area contributed by atoms with Crippen LogP contribution in [0.4, 0.5) is 13.2 Å². The number of benzene rings is 1. The summed E-state index contributed by atoms with van der Waals surface area (Å²) in [6.45, 7) is 5.29. The van der Waals surface area contributed by atoms with Gasteiger partial charge in [0.1, 0.15) is 11.3 Å². The molecule has 2 N–H and O–H groups in total. The fourth-order valence-electron chi connectivity index (χ4n) is 5.55. The molecule has 0 bridgehead atoms. The van der Waals surface area contributed by atoms with E-state index in [9.17, 15) is 13.2 Å². The molecule has 32 heavy (non-hydrogen) atoms. The molecule has 172 valence electrons. The van der Waals surface area contributed by atoms with Crippen LogP contribution in [0, 0.1) is 5.41 Å². The van der Waals surface area contributed by atoms with Gasteiger partial charge in [0.05, 0.1) is 22.4 Å². The van der Waals surface area contributed by atoms with Crippen molar-refractivity contribution in [1.82, 2.24) is 4.98 Å². The highest BCUT2D eigenvalue weighted by Gasteiger charge is 2.53. The number of aromatic nitrogens is 1. The molecule has 2 atom stereocenters. The fourth-order valence-corrected chi connectivity index (χ4v) is 5.84. The van der Waals surface area contributed by atoms with E-state index in [1.165, 1.54) is 12.1 Å². The Hall–Kier alpha value is -1.67. The number of nitrogens with zero attached hydrogens (tertiary/aromatic N) is 1. The molecule has 5 rings (SSSR count). The van der Waals surface area contributed by atoms with Gasteiger partial charge in [0.2, 0.25) is 0 Å². The van der Waals surface area contributed by atoms with Crippen molar-refractivity contribution in [3.8, 4) is 0 Å². The summed E-state index contributed by atoms with van der Waals surface area (Å²) in [6.07, 6.45) is -2.84. The largest absolute Gasteiger partial charge is 0.440 e. The lowest BCUT2D eigenvalue weighted by molar-refractivity contribution is -0.137. The molecule has 1 aliphatic carbocycles. The van der Waals surface area contributed by atoms with Gasteiger partial charge in [0.25, 0.3) is 0 Å². The second-order valence-electron chi connectivity index (χ2n) is 9.87. The Bertz CT molecular complexity index is 1050. The maximum atomic E-state index is 13.1. The van der Waals surface area contributed by atoms with Crippen molar-refractivity contribution in [2.45, 2.75) is 63.5 Å². The second-order valence-corrected chi connectivity index (χ2v) is 10.2. The van der Waals surface area contributed by atoms with Gasteiger partial charge < -0.3 is 14.6 Å². The smallest absolute Gasteiger partial charge is 0.416 e. The third-order valence-corrected chi connectivity index (χ3v) is 7.25. The van der Waals surface area contributed by atoms with Crippen LogP contribution in [0.5, 0.6) is 0 Å². The summed E-state index contributed by atoms with van der Waals surface area (Å²) in [4.78, 5) is 4.70. The molecule has 2 aliphatic heterocycles. The van der Waals surface area contributed by atoms with Crippen molar-refractivity contribution >= 4 is 11.6 Å². The van der Waals surface area contributed by atoms with Crippen LogP contribution in [0.2, 0.25) is 5.15 Å². The first-order valence-corrected chi connectivity index (χ1v) is 11.3. The average molecular weight is 469 g/mol. The Balaban J connectivity index is 1.68. The van der Waals surface area contributed by atoms with Crippen LogP contribution in [-0.4, -0.2) is 23.3 Å². The van der Waals surface area contributed by atoms with Crippen molar-refractivity contribution < 1.29 is 27.8 Å². The van der Waals surface area contributed by atoms with Gasteiger partial charge in [-0.3, -0.25) is 0 Å². The van der Waals surface area contributed by atoms with Gasteiger partial charge in [0, 0.05) is 43.6 Å². The zero-order valence-corrected chi connectivity index (χ0v) is 18.7. The van der Waals surface area contributed by atoms with Crippen LogP contribution >= 0.6 is 11.6 Å². The van der Waals surface area contributed by atoms with E-state index in [2.05, 4.69) is 13.8 Å². The zero-order chi connectivity index (χ0) is 22.9. The molecule has 0 amide bonds. The van der Waals surface area contributed by atoms with Crippen molar-refractivity contribution in [3.63, 3.8) is 0 Å². The second kappa shape index (κ2) is 7.42. The summed E-state index contributed by atoms with van der Waals surface area (Å²) in [5.41, 5.74) is 2.53. The number of fused-ring (bicyclic) bond motifs is 4. The van der Waals surface area contributed by atoms with E-state index < -0.39 is 29.5 Å². The number of alkyl halides is 3. The van der Waals surface area contributed by atoms with Crippen LogP contribution in [0.15, 0.2) is 24.3 Å². The van der Waals surface area contributed by atoms with Gasteiger partial charge in [0.15, 0.2) is 6.10 Å². The Morgan fingerprint density at radius 1 is 1.09 bits per heavy atom. The van der Waals surface area contributed by atoms with Gasteiger partial charge in [-0.15, -0.1) is 0 Å². The van der Waals surface area contributed by atoms with Crippen LogP contribution < -0.4 is 0 Å². The molecule has 4 nitrogen and oxygen atoms in total. The molecule has 1 unspecified atom stereocenters. The molecule has 3 heterocycles. The van der Waals surface area contributed by atoms with Crippen molar-refractivity contribution in [2.24, 2.45) is 5.41 Å². The molecule has 2 aromatic rings. The minimum atomic E-state index is -4.40. The van der Waals surface area contributed by atoms with E-state index in [1.807, 2.05) is 0 Å². The van der Waals surface area contributed by atoms with Gasteiger partial charge in [-0.05, 0) is 29.5 Å². The molecule has 1 saturated heterocycles. The van der Waals surface area contributed by atoms with Crippen molar-refractivity contribution in [3.05, 3.63) is 62.9 Å². The molecule has 0 saturated carbocycles. The maximum absolute atomic E-state index is 13.1. The lowest BCUT2D eigenvalue weighted by Crippen LogP contribution is -2.37. The van der Waals surface area contributed by atoms with Crippen molar-refractivity contribution in [2.75, 3.05) is 13.2 Å². The zero-order valence-electron chi connectivity index (χ0n) is 18.0. The standard InChI is InChI=1S/C24H25ClF3NO3/c1-22(2)11-15-17(16(30)12-22)19-18(21(25)29-15)20(32-23(19)7-9-31-10-8-23)13-3-5-14(6-4-13)24(26,27)28/h3-6,16,20,30H,7-12H2,1-2H3/p+1/t16?,20-/m1/s1. The van der Waals surface area contributed by atoms with Crippen LogP contribution in [0.3, 0.4) is 0 Å². The topological polar surface area (TPSA) is 54.2 Å². The Kier molecular flexibility index (Phi) is 5.13. The Morgan fingerprint density at radius 2 is 1.75 bits per heavy atom. The molecular formula is C24H26ClF3NO3+. The first-order chi connectivity index (χ1) is 15.0. The molecule has 1 aromatic heterocycles. The summed E-state index contributed by atoms with van der Waals surface area (Å²) >= 11 is 6.73. The summed E-state index contributed by atoms with van der Waals surface area (Å²) in [5, 5.41) is 9.24. The van der Waals surface area contributed by atoms with Crippen LogP contribution in [0.25, 0.3) is 0 Å². The van der Waals surface area contributed by atoms with E-state index in [1.54, 1.807) is 0 Å². The monoisotopic (exact) mass is 468 g/mol. The van der Waals surface area contributed by atoms with Crippen molar-refractivity contribution in [1.29, 1.82) is 0 Å². The Labute approximate surface area is 189 Å². The number of halogens is 4. The summed E-state index contributed by atoms with van der Waals surface area (Å²) in [5.74, 6) is 0. The number of rotatable bonds is 1. The summed E-state index contributed by atoms with van der Waals surface area (Å²) in [6, 6.07) is 5.05. The molecular weight excluding hydrogens is 443 g/mol. The molecule has 1 fully saturated rings. The number of ether oxygens (including phenoxy) is 2. The van der Waals surface area contributed by atoms with Gasteiger partial charge >= 0.3 is 6.18 Å². The van der Waals surface area contributed by atoms with E-state index in [-0.39, 0.29) is 5.41 Å². The fraction of sp³-hybridized carbons (Fsp3) is 0.542. The molecule has 1 spiro atoms. The molecule has 3 aliphatic rings. The van der Waals surface area contributed by atoms with Gasteiger partial charge in [-0.1, -0.05) is 37.6 Å². The summed E-state index contributed by atoms with van der Waals surface area (Å²) in [7, 11) is 0. The van der Waals surface area contributed by atoms with E-state index >= 15 is 0 Å². The normalized spacial score (nSPS) is 26.1. The minimum Gasteiger partial charge on any atom is -0.440 e. The summed E-state index contributed by atoms with van der Waals surface area (Å²) < 4.78 is 51.5. The minimum absolute atomic E-state index is 0.0564. The van der Waals surface area contributed by atoms with E-state index in [4.69, 9.17) is 31.2 Å². The number of hydrogen-bond donors (Lipinski definition) is 0. The predicted octanol–water partition coefficient (Wildman–Crippen LogP) is 5.62. The lowest BCUT2D eigenvalue weighted by Gasteiger charge is -2.38. The molecule has 8 heteroatoms. The predicted molar refractivity (Wildman–Crippen MR) is 114 cm³/mol. The molecule has 1 aromatic carbocycles. The first kappa shape index (κ1) is 22.1. The van der Waals surface area contributed by atoms with Gasteiger partial charge in [-0.2, -0.15) is 13.2 Å². The van der Waals surface area contributed by atoms with Gasteiger partial charge in [-0.25, -0.2) is 4.98 Å². The van der Waals surface area contributed by atoms with Crippen LogP contribution in [0.1, 0.15) is 78.8 Å². The third-order valence-electron chi connectivity index (χ3n) is 6.96. The highest BCUT2D eigenvalue weighted by atomic mass is 35.5.